The molecule has 1 heterocycles. The van der Waals surface area contributed by atoms with Gasteiger partial charge >= 0.3 is 0 Å². The lowest BCUT2D eigenvalue weighted by Gasteiger charge is -2.41. The number of nitrogens with one attached hydrogen (secondary N) is 1. The number of carbonyl (C=O) groups excluding carboxylic acids is 1. The van der Waals surface area contributed by atoms with Crippen LogP contribution in [-0.4, -0.2) is 18.1 Å². The van der Waals surface area contributed by atoms with Crippen molar-refractivity contribution in [3.63, 3.8) is 0 Å². The predicted octanol–water partition coefficient (Wildman–Crippen LogP) is 5.70. The first-order valence-electron chi connectivity index (χ1n) is 10.0. The Labute approximate surface area is 172 Å². The third-order valence-corrected chi connectivity index (χ3v) is 5.70. The second-order valence-electron chi connectivity index (χ2n) is 7.26. The number of hydrogen-bond acceptors (Lipinski definition) is 3. The molecule has 0 fully saturated rings. The van der Waals surface area contributed by atoms with Gasteiger partial charge < -0.3 is 14.8 Å². The maximum Gasteiger partial charge on any atom is 0.220 e. The second-order valence-corrected chi connectivity index (χ2v) is 7.70. The molecular formula is C23H28ClNO3. The van der Waals surface area contributed by atoms with Crippen LogP contribution in [0.3, 0.4) is 0 Å². The summed E-state index contributed by atoms with van der Waals surface area (Å²) < 4.78 is 12.0. The maximum absolute atomic E-state index is 12.5. The van der Waals surface area contributed by atoms with Gasteiger partial charge in [0.25, 0.3) is 0 Å². The van der Waals surface area contributed by atoms with Crippen LogP contribution in [0, 0.1) is 0 Å². The first-order valence-corrected chi connectivity index (χ1v) is 10.4. The van der Waals surface area contributed by atoms with E-state index >= 15 is 0 Å². The van der Waals surface area contributed by atoms with Gasteiger partial charge in [0.15, 0.2) is 0 Å². The molecule has 1 N–H and O–H groups in total. The van der Waals surface area contributed by atoms with Gasteiger partial charge in [0.1, 0.15) is 17.1 Å². The minimum atomic E-state index is -0.218. The van der Waals surface area contributed by atoms with Crippen LogP contribution in [0.5, 0.6) is 11.5 Å². The average molecular weight is 402 g/mol. The molecule has 1 aliphatic rings. The number of para-hydroxylation sites is 1. The molecule has 1 amide bonds. The number of hydrogen-bond donors (Lipinski definition) is 1. The number of amides is 1. The van der Waals surface area contributed by atoms with Crippen LogP contribution in [0.2, 0.25) is 5.02 Å². The number of benzene rings is 2. The Morgan fingerprint density at radius 1 is 1.18 bits per heavy atom. The largest absolute Gasteiger partial charge is 0.494 e. The zero-order valence-corrected chi connectivity index (χ0v) is 17.3. The van der Waals surface area contributed by atoms with Crippen molar-refractivity contribution >= 4 is 17.5 Å². The summed E-state index contributed by atoms with van der Waals surface area (Å²) in [6.45, 7) is 4.78. The van der Waals surface area contributed by atoms with E-state index in [1.165, 1.54) is 0 Å². The molecule has 1 aliphatic heterocycles. The van der Waals surface area contributed by atoms with Gasteiger partial charge in [0, 0.05) is 23.4 Å². The Balaban J connectivity index is 1.54. The van der Waals surface area contributed by atoms with E-state index < -0.39 is 0 Å². The van der Waals surface area contributed by atoms with Crippen LogP contribution in [-0.2, 0) is 4.79 Å². The summed E-state index contributed by atoms with van der Waals surface area (Å²) in [5.41, 5.74) is 0.843. The standard InChI is InChI=1S/C23H28ClNO3/c1-3-23(4-2)16-20(19-8-5-6-9-21(19)28-23)25-22(26)10-7-15-27-18-13-11-17(24)12-14-18/h5-6,8-9,11-14,20H,3-4,7,10,15-16H2,1-2H3,(H,25,26). The van der Waals surface area contributed by atoms with E-state index in [0.29, 0.717) is 24.5 Å². The molecule has 0 saturated carbocycles. The van der Waals surface area contributed by atoms with Gasteiger partial charge in [-0.15, -0.1) is 0 Å². The summed E-state index contributed by atoms with van der Waals surface area (Å²) in [7, 11) is 0. The van der Waals surface area contributed by atoms with E-state index in [2.05, 4.69) is 19.2 Å². The zero-order chi connectivity index (χ0) is 20.0. The van der Waals surface area contributed by atoms with Crippen LogP contribution >= 0.6 is 11.6 Å². The SMILES string of the molecule is CCC1(CC)CC(NC(=O)CCCOc2ccc(Cl)cc2)c2ccccc2O1. The van der Waals surface area contributed by atoms with Gasteiger partial charge in [-0.05, 0) is 49.6 Å². The summed E-state index contributed by atoms with van der Waals surface area (Å²) in [5.74, 6) is 1.69. The minimum Gasteiger partial charge on any atom is -0.494 e. The van der Waals surface area contributed by atoms with Gasteiger partial charge in [-0.1, -0.05) is 43.6 Å². The monoisotopic (exact) mass is 401 g/mol. The summed E-state index contributed by atoms with van der Waals surface area (Å²) in [5, 5.41) is 3.89. The van der Waals surface area contributed by atoms with E-state index in [1.807, 2.05) is 36.4 Å². The molecule has 0 aliphatic carbocycles. The van der Waals surface area contributed by atoms with Crippen molar-refractivity contribution < 1.29 is 14.3 Å². The number of halogens is 1. The summed E-state index contributed by atoms with van der Waals surface area (Å²) >= 11 is 5.87. The van der Waals surface area contributed by atoms with E-state index in [0.717, 1.165) is 36.3 Å². The van der Waals surface area contributed by atoms with E-state index in [-0.39, 0.29) is 17.6 Å². The fourth-order valence-corrected chi connectivity index (χ4v) is 3.78. The quantitative estimate of drug-likeness (QED) is 0.577. The highest BCUT2D eigenvalue weighted by molar-refractivity contribution is 6.30. The molecule has 0 saturated heterocycles. The lowest BCUT2D eigenvalue weighted by molar-refractivity contribution is -0.122. The van der Waals surface area contributed by atoms with Gasteiger partial charge in [-0.3, -0.25) is 4.79 Å². The number of carbonyl (C=O) groups is 1. The Bertz CT molecular complexity index is 787. The van der Waals surface area contributed by atoms with Crippen LogP contribution < -0.4 is 14.8 Å². The average Bonchev–Trinajstić information content (AvgIpc) is 2.72. The van der Waals surface area contributed by atoms with Gasteiger partial charge in [-0.25, -0.2) is 0 Å². The van der Waals surface area contributed by atoms with Crippen molar-refractivity contribution in [3.8, 4) is 11.5 Å². The van der Waals surface area contributed by atoms with Crippen molar-refractivity contribution in [1.82, 2.24) is 5.32 Å². The van der Waals surface area contributed by atoms with Crippen molar-refractivity contribution in [2.75, 3.05) is 6.61 Å². The predicted molar refractivity (Wildman–Crippen MR) is 112 cm³/mol. The molecule has 0 spiro atoms. The highest BCUT2D eigenvalue weighted by atomic mass is 35.5. The lowest BCUT2D eigenvalue weighted by Crippen LogP contribution is -2.44. The highest BCUT2D eigenvalue weighted by Gasteiger charge is 2.38. The molecule has 3 rings (SSSR count). The second kappa shape index (κ2) is 9.33. The molecule has 2 aromatic carbocycles. The molecule has 1 atom stereocenters. The van der Waals surface area contributed by atoms with Gasteiger partial charge in [0.05, 0.1) is 12.6 Å². The van der Waals surface area contributed by atoms with Crippen LogP contribution in [0.15, 0.2) is 48.5 Å². The third kappa shape index (κ3) is 4.99. The van der Waals surface area contributed by atoms with Crippen LogP contribution in [0.1, 0.15) is 57.6 Å². The lowest BCUT2D eigenvalue weighted by atomic mass is 9.83. The Morgan fingerprint density at radius 2 is 1.89 bits per heavy atom. The van der Waals surface area contributed by atoms with E-state index in [1.54, 1.807) is 12.1 Å². The fourth-order valence-electron chi connectivity index (χ4n) is 3.65. The van der Waals surface area contributed by atoms with E-state index in [4.69, 9.17) is 21.1 Å². The topological polar surface area (TPSA) is 47.6 Å². The summed E-state index contributed by atoms with van der Waals surface area (Å²) in [4.78, 5) is 12.5. The molecule has 150 valence electrons. The van der Waals surface area contributed by atoms with Gasteiger partial charge in [-0.2, -0.15) is 0 Å². The van der Waals surface area contributed by atoms with Crippen molar-refractivity contribution in [2.24, 2.45) is 0 Å². The van der Waals surface area contributed by atoms with Crippen LogP contribution in [0.4, 0.5) is 0 Å². The van der Waals surface area contributed by atoms with E-state index in [9.17, 15) is 4.79 Å². The smallest absolute Gasteiger partial charge is 0.220 e. The van der Waals surface area contributed by atoms with Crippen LogP contribution in [0.25, 0.3) is 0 Å². The summed E-state index contributed by atoms with van der Waals surface area (Å²) in [6.07, 6.45) is 3.71. The first kappa shape index (κ1) is 20.5. The molecule has 2 aromatic rings. The number of fused-ring (bicyclic) bond motifs is 1. The third-order valence-electron chi connectivity index (χ3n) is 5.45. The maximum atomic E-state index is 12.5. The summed E-state index contributed by atoms with van der Waals surface area (Å²) in [6, 6.07) is 15.2. The van der Waals surface area contributed by atoms with Gasteiger partial charge in [0.2, 0.25) is 5.91 Å². The first-order chi connectivity index (χ1) is 13.5. The Kier molecular flexibility index (Phi) is 6.84. The minimum absolute atomic E-state index is 0.0190. The highest BCUT2D eigenvalue weighted by Crippen LogP contribution is 2.42. The van der Waals surface area contributed by atoms with Crippen molar-refractivity contribution in [1.29, 1.82) is 0 Å². The van der Waals surface area contributed by atoms with Crippen molar-refractivity contribution in [2.45, 2.75) is 57.6 Å². The molecule has 0 radical (unpaired) electrons. The molecule has 0 aromatic heterocycles. The molecular weight excluding hydrogens is 374 g/mol. The molecule has 28 heavy (non-hydrogen) atoms. The molecule has 1 unspecified atom stereocenters. The Hall–Kier alpha value is -2.20. The molecule has 5 heteroatoms. The molecule has 4 nitrogen and oxygen atoms in total. The number of rotatable bonds is 8. The normalized spacial score (nSPS) is 17.3. The van der Waals surface area contributed by atoms with Crippen molar-refractivity contribution in [3.05, 3.63) is 59.1 Å². The Morgan fingerprint density at radius 3 is 2.61 bits per heavy atom. The zero-order valence-electron chi connectivity index (χ0n) is 16.5. The number of ether oxygens (including phenoxy) is 2. The fraction of sp³-hybridized carbons (Fsp3) is 0.435. The molecule has 0 bridgehead atoms.